The van der Waals surface area contributed by atoms with Crippen molar-refractivity contribution in [1.29, 1.82) is 0 Å². The van der Waals surface area contributed by atoms with Crippen LogP contribution in [0, 0.1) is 11.6 Å². The lowest BCUT2D eigenvalue weighted by Crippen LogP contribution is -2.54. The average molecular weight is 723 g/mol. The molecule has 1 aliphatic heterocycles. The first-order valence-corrected chi connectivity index (χ1v) is 20.2. The Balaban J connectivity index is 1.72. The van der Waals surface area contributed by atoms with E-state index in [9.17, 15) is 14.7 Å². The zero-order valence-corrected chi connectivity index (χ0v) is 31.9. The Labute approximate surface area is 298 Å². The van der Waals surface area contributed by atoms with Crippen LogP contribution in [0.3, 0.4) is 0 Å². The number of amides is 1. The maximum Gasteiger partial charge on any atom is 0.407 e. The minimum atomic E-state index is -2.01. The van der Waals surface area contributed by atoms with Gasteiger partial charge in [-0.3, -0.25) is 4.98 Å². The van der Waals surface area contributed by atoms with Crippen molar-refractivity contribution in [3.05, 3.63) is 69.9 Å². The minimum absolute atomic E-state index is 0.00672. The van der Waals surface area contributed by atoms with Crippen molar-refractivity contribution in [3.8, 4) is 22.7 Å². The van der Waals surface area contributed by atoms with Gasteiger partial charge >= 0.3 is 11.8 Å². The minimum Gasteiger partial charge on any atom is -0.494 e. The van der Waals surface area contributed by atoms with Crippen LogP contribution in [0.1, 0.15) is 65.1 Å². The third-order valence-corrected chi connectivity index (χ3v) is 14.6. The highest BCUT2D eigenvalue weighted by atomic mass is 28.4. The Bertz CT molecular complexity index is 2000. The molecule has 0 spiro atoms. The van der Waals surface area contributed by atoms with Gasteiger partial charge in [0.1, 0.15) is 34.6 Å². The topological polar surface area (TPSA) is 123 Å². The summed E-state index contributed by atoms with van der Waals surface area (Å²) in [6, 6.07) is 7.08. The van der Waals surface area contributed by atoms with Crippen molar-refractivity contribution in [2.75, 3.05) is 38.3 Å². The normalized spacial score (nSPS) is 15.6. The number of hydrogen-bond acceptors (Lipinski definition) is 8. The van der Waals surface area contributed by atoms with Crippen molar-refractivity contribution in [2.45, 2.75) is 84.5 Å². The van der Waals surface area contributed by atoms with Crippen LogP contribution in [0.25, 0.3) is 28.0 Å². The standard InChI is InChI=1S/C37H48F2N6O5Si/c1-22(2)30-32(28(49-7)15-16-40-30)45-34-25(33(42-35(45)46)44-18-17-43(36(47)48)21-23(44)3)20-27(39)31(41-34)29-24(12-10-14-26(29)38)13-11-19-50-51(8,9)37(4,5)6/h10,12,14-16,20,22-23H,11,13,17-19,21H2,1-9H3,(H,47,48)/t23-/m0/s1. The van der Waals surface area contributed by atoms with Gasteiger partial charge in [-0.2, -0.15) is 4.98 Å². The first kappa shape index (κ1) is 37.8. The van der Waals surface area contributed by atoms with Crippen molar-refractivity contribution in [3.63, 3.8) is 0 Å². The first-order chi connectivity index (χ1) is 24.0. The Morgan fingerprint density at radius 2 is 1.84 bits per heavy atom. The number of halogens is 2. The van der Waals surface area contributed by atoms with E-state index < -0.39 is 37.8 Å². The fourth-order valence-electron chi connectivity index (χ4n) is 6.26. The molecule has 4 aromatic rings. The fraction of sp³-hybridized carbons (Fsp3) is 0.486. The maximum absolute atomic E-state index is 16.5. The molecule has 3 aromatic heterocycles. The number of rotatable bonds is 10. The lowest BCUT2D eigenvalue weighted by atomic mass is 9.98. The number of piperazine rings is 1. The van der Waals surface area contributed by atoms with Crippen LogP contribution in [0.15, 0.2) is 41.3 Å². The number of hydrogen-bond donors (Lipinski definition) is 1. The molecule has 1 aliphatic rings. The third-order valence-electron chi connectivity index (χ3n) is 10.1. The van der Waals surface area contributed by atoms with Gasteiger partial charge in [0.15, 0.2) is 14.0 Å². The number of ether oxygens (including phenoxy) is 1. The molecule has 0 saturated carbocycles. The van der Waals surface area contributed by atoms with Gasteiger partial charge in [0.05, 0.1) is 18.2 Å². The fourth-order valence-corrected chi connectivity index (χ4v) is 7.35. The van der Waals surface area contributed by atoms with Crippen LogP contribution in [-0.4, -0.2) is 83.3 Å². The molecule has 1 saturated heterocycles. The van der Waals surface area contributed by atoms with Gasteiger partial charge in [-0.25, -0.2) is 27.9 Å². The van der Waals surface area contributed by atoms with Crippen molar-refractivity contribution < 1.29 is 27.8 Å². The van der Waals surface area contributed by atoms with Crippen LogP contribution in [0.2, 0.25) is 18.1 Å². The molecule has 11 nitrogen and oxygen atoms in total. The van der Waals surface area contributed by atoms with E-state index in [1.54, 1.807) is 29.3 Å². The summed E-state index contributed by atoms with van der Waals surface area (Å²) in [6.07, 6.45) is 1.52. The second kappa shape index (κ2) is 14.7. The highest BCUT2D eigenvalue weighted by Gasteiger charge is 2.37. The van der Waals surface area contributed by atoms with Crippen molar-refractivity contribution >= 4 is 31.3 Å². The van der Waals surface area contributed by atoms with Crippen LogP contribution in [0.5, 0.6) is 5.75 Å². The number of nitrogens with zero attached hydrogens (tertiary/aromatic N) is 6. The summed E-state index contributed by atoms with van der Waals surface area (Å²) in [5, 5.41) is 9.83. The second-order valence-corrected chi connectivity index (χ2v) is 19.7. The van der Waals surface area contributed by atoms with E-state index in [0.29, 0.717) is 42.1 Å². The predicted octanol–water partition coefficient (Wildman–Crippen LogP) is 7.40. The van der Waals surface area contributed by atoms with E-state index >= 15 is 8.78 Å². The quantitative estimate of drug-likeness (QED) is 0.132. The van der Waals surface area contributed by atoms with E-state index in [1.165, 1.54) is 28.7 Å². The molecule has 1 amide bonds. The molecule has 0 unspecified atom stereocenters. The highest BCUT2D eigenvalue weighted by Crippen LogP contribution is 2.38. The summed E-state index contributed by atoms with van der Waals surface area (Å²) in [6.45, 7) is 17.5. The van der Waals surface area contributed by atoms with Gasteiger partial charge in [0, 0.05) is 50.1 Å². The van der Waals surface area contributed by atoms with E-state index in [4.69, 9.17) is 14.1 Å². The molecule has 1 N–H and O–H groups in total. The van der Waals surface area contributed by atoms with Crippen molar-refractivity contribution in [2.24, 2.45) is 0 Å². The molecule has 14 heteroatoms. The average Bonchev–Trinajstić information content (AvgIpc) is 3.05. The number of aryl methyl sites for hydroxylation is 1. The summed E-state index contributed by atoms with van der Waals surface area (Å²) in [5.74, 6) is -1.11. The van der Waals surface area contributed by atoms with Gasteiger partial charge in [-0.1, -0.05) is 46.8 Å². The third kappa shape index (κ3) is 7.47. The van der Waals surface area contributed by atoms with E-state index in [2.05, 4.69) is 43.8 Å². The molecule has 274 valence electrons. The van der Waals surface area contributed by atoms with E-state index in [1.807, 2.05) is 20.8 Å². The number of carbonyl (C=O) groups is 1. The lowest BCUT2D eigenvalue weighted by molar-refractivity contribution is 0.136. The Kier molecular flexibility index (Phi) is 10.9. The molecule has 4 heterocycles. The van der Waals surface area contributed by atoms with Crippen molar-refractivity contribution in [1.82, 2.24) is 24.4 Å². The number of carboxylic acid groups (broad SMARTS) is 1. The van der Waals surface area contributed by atoms with Gasteiger partial charge in [0.2, 0.25) is 0 Å². The smallest absolute Gasteiger partial charge is 0.407 e. The SMILES string of the molecule is COc1ccnc(C(C)C)c1-n1c(=O)nc(N2CCN(C(=O)O)C[C@@H]2C)c2cc(F)c(-c3c(F)cccc3CCCO[Si](C)(C)C(C)(C)C)nc21. The number of benzene rings is 1. The summed E-state index contributed by atoms with van der Waals surface area (Å²) < 4.78 is 45.7. The van der Waals surface area contributed by atoms with Crippen LogP contribution in [0.4, 0.5) is 19.4 Å². The molecule has 0 radical (unpaired) electrons. The summed E-state index contributed by atoms with van der Waals surface area (Å²) >= 11 is 0. The van der Waals surface area contributed by atoms with Gasteiger partial charge in [-0.15, -0.1) is 0 Å². The number of fused-ring (bicyclic) bond motifs is 1. The van der Waals surface area contributed by atoms with Crippen LogP contribution in [-0.2, 0) is 10.8 Å². The highest BCUT2D eigenvalue weighted by molar-refractivity contribution is 6.74. The van der Waals surface area contributed by atoms with E-state index in [0.717, 1.165) is 0 Å². The summed E-state index contributed by atoms with van der Waals surface area (Å²) in [5.41, 5.74) is 0.461. The number of pyridine rings is 2. The monoisotopic (exact) mass is 722 g/mol. The predicted molar refractivity (Wildman–Crippen MR) is 197 cm³/mol. The summed E-state index contributed by atoms with van der Waals surface area (Å²) in [7, 11) is -0.533. The van der Waals surface area contributed by atoms with Gasteiger partial charge < -0.3 is 24.1 Å². The van der Waals surface area contributed by atoms with Crippen LogP contribution >= 0.6 is 0 Å². The zero-order valence-electron chi connectivity index (χ0n) is 30.9. The van der Waals surface area contributed by atoms with E-state index in [-0.39, 0.29) is 58.7 Å². The molecule has 1 atom stereocenters. The first-order valence-electron chi connectivity index (χ1n) is 17.3. The summed E-state index contributed by atoms with van der Waals surface area (Å²) in [4.78, 5) is 42.8. The molecule has 0 aliphatic carbocycles. The van der Waals surface area contributed by atoms with Crippen LogP contribution < -0.4 is 15.3 Å². The molecule has 5 rings (SSSR count). The number of anilines is 1. The zero-order chi connectivity index (χ0) is 37.4. The maximum atomic E-state index is 16.5. The Hall–Kier alpha value is -4.43. The Morgan fingerprint density at radius 3 is 2.47 bits per heavy atom. The largest absolute Gasteiger partial charge is 0.494 e. The number of methoxy groups -OCH3 is 1. The molecule has 51 heavy (non-hydrogen) atoms. The Morgan fingerprint density at radius 1 is 1.12 bits per heavy atom. The molecular formula is C37H48F2N6O5Si. The number of aromatic nitrogens is 4. The van der Waals surface area contributed by atoms with Gasteiger partial charge in [0.25, 0.3) is 0 Å². The molecule has 1 fully saturated rings. The molecule has 1 aromatic carbocycles. The molecular weight excluding hydrogens is 675 g/mol. The lowest BCUT2D eigenvalue weighted by Gasteiger charge is -2.39. The molecule has 0 bridgehead atoms. The second-order valence-electron chi connectivity index (χ2n) is 14.9. The van der Waals surface area contributed by atoms with Gasteiger partial charge in [-0.05, 0) is 61.5 Å².